The fourth-order valence-electron chi connectivity index (χ4n) is 2.23. The average molecular weight is 338 g/mol. The van der Waals surface area contributed by atoms with Crippen LogP contribution in [0, 0.1) is 0 Å². The summed E-state index contributed by atoms with van der Waals surface area (Å²) >= 11 is -1.98. The van der Waals surface area contributed by atoms with Gasteiger partial charge in [-0.1, -0.05) is 0 Å². The molecule has 2 nitrogen and oxygen atoms in total. The van der Waals surface area contributed by atoms with Crippen molar-refractivity contribution >= 4 is 28.1 Å². The molecule has 0 unspecified atom stereocenters. The van der Waals surface area contributed by atoms with Crippen molar-refractivity contribution < 1.29 is 0 Å². The van der Waals surface area contributed by atoms with Crippen LogP contribution in [0.2, 0.25) is 0 Å². The topological polar surface area (TPSA) is 6.48 Å². The van der Waals surface area contributed by atoms with E-state index in [0.29, 0.717) is 6.17 Å². The van der Waals surface area contributed by atoms with E-state index in [2.05, 4.69) is 54.7 Å². The first kappa shape index (κ1) is 14.1. The second kappa shape index (κ2) is 4.35. The molecule has 0 aliphatic carbocycles. The standard InChI is InChI=1S/C11H24N2.ClH.Sn/c1-8-9(12-10(2,3)4)13-11(5,6)7;;/h9H,8H2,1-7H3;1H;/q-2;;+3/p-1. The molecule has 0 bridgehead atoms. The predicted octanol–water partition coefficient (Wildman–Crippen LogP) is 3.16. The fourth-order valence-corrected chi connectivity index (χ4v) is 13.6. The van der Waals surface area contributed by atoms with Gasteiger partial charge in [0.1, 0.15) is 0 Å². The van der Waals surface area contributed by atoms with Crippen molar-refractivity contribution in [3.8, 4) is 0 Å². The summed E-state index contributed by atoms with van der Waals surface area (Å²) in [5.74, 6) is 0. The van der Waals surface area contributed by atoms with E-state index in [1.165, 1.54) is 6.42 Å². The molecule has 15 heavy (non-hydrogen) atoms. The minimum atomic E-state index is -1.98. The summed E-state index contributed by atoms with van der Waals surface area (Å²) in [6.07, 6.45) is 1.74. The molecule has 0 aromatic carbocycles. The van der Waals surface area contributed by atoms with E-state index >= 15 is 0 Å². The Hall–Kier alpha value is 1.01. The van der Waals surface area contributed by atoms with Gasteiger partial charge in [-0.25, -0.2) is 0 Å². The fraction of sp³-hybridized carbons (Fsp3) is 1.00. The molecule has 1 aliphatic heterocycles. The Balaban J connectivity index is 2.84. The van der Waals surface area contributed by atoms with Gasteiger partial charge in [-0.3, -0.25) is 0 Å². The third kappa shape index (κ3) is 2.64. The third-order valence-electron chi connectivity index (χ3n) is 2.80. The minimum absolute atomic E-state index is 0.235. The normalized spacial score (nSPS) is 23.2. The number of halogens is 1. The summed E-state index contributed by atoms with van der Waals surface area (Å²) in [7, 11) is 6.67. The number of rotatable bonds is 1. The Kier molecular flexibility index (Phi) is 4.08. The van der Waals surface area contributed by atoms with Gasteiger partial charge in [0.25, 0.3) is 0 Å². The van der Waals surface area contributed by atoms with Gasteiger partial charge in [-0.2, -0.15) is 0 Å². The van der Waals surface area contributed by atoms with Crippen LogP contribution in [0.25, 0.3) is 0 Å². The maximum atomic E-state index is 6.67. The van der Waals surface area contributed by atoms with Crippen LogP contribution in [0.1, 0.15) is 54.9 Å². The molecule has 0 amide bonds. The van der Waals surface area contributed by atoms with Crippen LogP contribution < -0.4 is 0 Å². The molecule has 1 fully saturated rings. The van der Waals surface area contributed by atoms with Crippen molar-refractivity contribution in [3.63, 3.8) is 0 Å². The van der Waals surface area contributed by atoms with E-state index in [-0.39, 0.29) is 11.1 Å². The molecular weight excluding hydrogens is 314 g/mol. The Labute approximate surface area is 106 Å². The summed E-state index contributed by atoms with van der Waals surface area (Å²) in [5, 5.41) is 0. The zero-order chi connectivity index (χ0) is 12.0. The third-order valence-corrected chi connectivity index (χ3v) is 13.0. The first-order valence-electron chi connectivity index (χ1n) is 5.72. The number of hydrogen-bond donors (Lipinski definition) is 0. The quantitative estimate of drug-likeness (QED) is 0.678. The summed E-state index contributed by atoms with van der Waals surface area (Å²) in [6.45, 7) is 15.9. The molecule has 1 aliphatic rings. The predicted molar refractivity (Wildman–Crippen MR) is 68.9 cm³/mol. The molecule has 0 spiro atoms. The van der Waals surface area contributed by atoms with Gasteiger partial charge in [0, 0.05) is 0 Å². The van der Waals surface area contributed by atoms with E-state index < -0.39 is 19.2 Å². The van der Waals surface area contributed by atoms with Crippen molar-refractivity contribution in [1.82, 2.24) is 6.24 Å². The van der Waals surface area contributed by atoms with E-state index in [1.54, 1.807) is 0 Å². The van der Waals surface area contributed by atoms with Crippen molar-refractivity contribution in [2.24, 2.45) is 0 Å². The van der Waals surface area contributed by atoms with Gasteiger partial charge in [0.05, 0.1) is 0 Å². The van der Waals surface area contributed by atoms with Gasteiger partial charge in [-0.15, -0.1) is 0 Å². The molecule has 0 aromatic rings. The van der Waals surface area contributed by atoms with Gasteiger partial charge in [0.15, 0.2) is 0 Å². The van der Waals surface area contributed by atoms with Crippen LogP contribution in [0.4, 0.5) is 0 Å². The Morgan fingerprint density at radius 2 is 1.33 bits per heavy atom. The summed E-state index contributed by atoms with van der Waals surface area (Å²) in [4.78, 5) is 0. The Morgan fingerprint density at radius 3 is 1.53 bits per heavy atom. The second-order valence-corrected chi connectivity index (χ2v) is 12.8. The summed E-state index contributed by atoms with van der Waals surface area (Å²) in [6, 6.07) is 0. The first-order valence-corrected chi connectivity index (χ1v) is 11.9. The van der Waals surface area contributed by atoms with Crippen LogP contribution in [0.5, 0.6) is 0 Å². The zero-order valence-corrected chi connectivity index (χ0v) is 14.7. The monoisotopic (exact) mass is 339 g/mol. The Morgan fingerprint density at radius 1 is 1.00 bits per heavy atom. The summed E-state index contributed by atoms with van der Waals surface area (Å²) < 4.78 is 5.17. The molecule has 89 valence electrons. The van der Waals surface area contributed by atoms with E-state index in [9.17, 15) is 0 Å². The zero-order valence-electron chi connectivity index (χ0n) is 11.1. The molecule has 0 saturated carbocycles. The molecule has 0 atom stereocenters. The van der Waals surface area contributed by atoms with E-state index in [4.69, 9.17) is 8.92 Å². The molecule has 1 radical (unpaired) electrons. The van der Waals surface area contributed by atoms with Crippen LogP contribution in [0.15, 0.2) is 0 Å². The number of hydrogen-bond acceptors (Lipinski definition) is 2. The van der Waals surface area contributed by atoms with Gasteiger partial charge < -0.3 is 0 Å². The molecule has 1 rings (SSSR count). The average Bonchev–Trinajstić information content (AvgIpc) is 1.93. The van der Waals surface area contributed by atoms with Gasteiger partial charge in [-0.05, 0) is 0 Å². The Bertz CT molecular complexity index is 210. The van der Waals surface area contributed by atoms with E-state index in [1.807, 2.05) is 0 Å². The molecule has 0 aromatic heterocycles. The molecule has 0 N–H and O–H groups in total. The maximum absolute atomic E-state index is 6.67. The molecule has 1 saturated heterocycles. The first-order chi connectivity index (χ1) is 6.60. The second-order valence-electron chi connectivity index (χ2n) is 6.24. The van der Waals surface area contributed by atoms with Crippen LogP contribution in [0.3, 0.4) is 0 Å². The molecule has 1 heterocycles. The number of nitrogens with zero attached hydrogens (tertiary/aromatic N) is 2. The van der Waals surface area contributed by atoms with Crippen LogP contribution in [-0.2, 0) is 0 Å². The van der Waals surface area contributed by atoms with Crippen molar-refractivity contribution in [2.45, 2.75) is 72.1 Å². The molecule has 4 heteroatoms. The van der Waals surface area contributed by atoms with E-state index in [0.717, 1.165) is 0 Å². The SMILES string of the molecule is CCC1[N](C(C)(C)C)[Sn]([Cl])[N]1C(C)(C)C. The molecular formula is C11H24ClN2Sn. The van der Waals surface area contributed by atoms with Gasteiger partial charge >= 0.3 is 106 Å². The van der Waals surface area contributed by atoms with Crippen molar-refractivity contribution in [1.29, 1.82) is 0 Å². The summed E-state index contributed by atoms with van der Waals surface area (Å²) in [5.41, 5.74) is 0.470. The van der Waals surface area contributed by atoms with Crippen molar-refractivity contribution in [2.75, 3.05) is 0 Å². The van der Waals surface area contributed by atoms with Crippen LogP contribution in [-0.4, -0.2) is 42.7 Å². The van der Waals surface area contributed by atoms with Crippen LogP contribution >= 0.6 is 8.92 Å². The van der Waals surface area contributed by atoms with Crippen molar-refractivity contribution in [3.05, 3.63) is 0 Å². The van der Waals surface area contributed by atoms with Gasteiger partial charge in [0.2, 0.25) is 0 Å².